The van der Waals surface area contributed by atoms with Crippen LogP contribution < -0.4 is 5.32 Å². The smallest absolute Gasteiger partial charge is 0.271 e. The molecule has 0 aliphatic rings. The number of carbonyl (C=O) groups is 1. The van der Waals surface area contributed by atoms with Crippen molar-refractivity contribution in [1.82, 2.24) is 30.2 Å². The number of carbonyl (C=O) groups excluding carboxylic acids is 1. The van der Waals surface area contributed by atoms with E-state index in [1.54, 1.807) is 5.38 Å². The molecule has 12 heteroatoms. The zero-order valence-corrected chi connectivity index (χ0v) is 21.6. The normalized spacial score (nSPS) is 10.3. The highest BCUT2D eigenvalue weighted by atomic mass is 35.5. The highest BCUT2D eigenvalue weighted by Crippen LogP contribution is 2.13. The first kappa shape index (κ1) is 29.7. The van der Waals surface area contributed by atoms with Gasteiger partial charge in [-0.15, -0.1) is 48.6 Å². The Morgan fingerprint density at radius 1 is 1.09 bits per heavy atom. The first-order valence-electron chi connectivity index (χ1n) is 10.0. The van der Waals surface area contributed by atoms with E-state index in [1.807, 2.05) is 24.3 Å². The highest BCUT2D eigenvalue weighted by molar-refractivity contribution is 7.09. The molecule has 3 aromatic heterocycles. The van der Waals surface area contributed by atoms with Crippen LogP contribution in [0.1, 0.15) is 27.0 Å². The van der Waals surface area contributed by atoms with Gasteiger partial charge in [0, 0.05) is 37.5 Å². The number of aromatic nitrogens is 4. The topological polar surface area (TPSA) is 86.8 Å². The van der Waals surface area contributed by atoms with E-state index >= 15 is 0 Å². The largest absolute Gasteiger partial charge is 0.345 e. The van der Waals surface area contributed by atoms with Gasteiger partial charge in [-0.05, 0) is 31.3 Å². The van der Waals surface area contributed by atoms with Gasteiger partial charge in [0.05, 0.1) is 28.3 Å². The van der Waals surface area contributed by atoms with Crippen LogP contribution in [0, 0.1) is 5.82 Å². The molecule has 0 fully saturated rings. The lowest BCUT2D eigenvalue weighted by Gasteiger charge is -2.14. The molecular formula is C22H26Cl3FN6OS. The maximum Gasteiger partial charge on any atom is 0.271 e. The molecule has 0 bridgehead atoms. The summed E-state index contributed by atoms with van der Waals surface area (Å²) in [4.78, 5) is 30.8. The molecule has 184 valence electrons. The fourth-order valence-electron chi connectivity index (χ4n) is 3.15. The van der Waals surface area contributed by atoms with E-state index in [0.717, 1.165) is 47.8 Å². The number of thiazole rings is 1. The average molecular weight is 548 g/mol. The summed E-state index contributed by atoms with van der Waals surface area (Å²) in [6.07, 6.45) is 3.08. The molecule has 2 N–H and O–H groups in total. The summed E-state index contributed by atoms with van der Waals surface area (Å²) in [5.41, 5.74) is 2.60. The summed E-state index contributed by atoms with van der Waals surface area (Å²) in [6, 6.07) is 10.8. The second kappa shape index (κ2) is 14.2. The molecule has 0 atom stereocenters. The Hall–Kier alpha value is -2.30. The number of imidazole rings is 1. The number of benzene rings is 1. The van der Waals surface area contributed by atoms with Crippen molar-refractivity contribution in [2.24, 2.45) is 0 Å². The van der Waals surface area contributed by atoms with Crippen LogP contribution >= 0.6 is 48.6 Å². The number of likely N-dealkylation sites (N-methyl/N-ethyl adjacent to an activating group) is 1. The second-order valence-corrected chi connectivity index (χ2v) is 8.19. The molecule has 0 spiro atoms. The van der Waals surface area contributed by atoms with Gasteiger partial charge in [0.2, 0.25) is 0 Å². The maximum atomic E-state index is 13.6. The summed E-state index contributed by atoms with van der Waals surface area (Å²) in [5.74, 6) is 0.212. The van der Waals surface area contributed by atoms with Crippen LogP contribution in [0.3, 0.4) is 0 Å². The molecule has 0 aliphatic heterocycles. The van der Waals surface area contributed by atoms with E-state index in [-0.39, 0.29) is 55.4 Å². The van der Waals surface area contributed by atoms with Gasteiger partial charge in [0.1, 0.15) is 17.3 Å². The molecule has 4 aromatic rings. The first-order valence-corrected chi connectivity index (χ1v) is 10.9. The number of fused-ring (bicyclic) bond motifs is 1. The minimum Gasteiger partial charge on any atom is -0.345 e. The number of nitrogens with one attached hydrogen (secondary N) is 2. The van der Waals surface area contributed by atoms with Crippen LogP contribution in [0.4, 0.5) is 4.39 Å². The Bertz CT molecular complexity index is 1160. The lowest BCUT2D eigenvalue weighted by atomic mass is 10.3. The van der Waals surface area contributed by atoms with Crippen molar-refractivity contribution in [2.45, 2.75) is 19.4 Å². The van der Waals surface area contributed by atoms with Crippen LogP contribution in [0.25, 0.3) is 11.0 Å². The zero-order chi connectivity index (χ0) is 21.6. The lowest BCUT2D eigenvalue weighted by molar-refractivity contribution is 0.0945. The van der Waals surface area contributed by atoms with Gasteiger partial charge in [0.25, 0.3) is 5.91 Å². The van der Waals surface area contributed by atoms with E-state index in [9.17, 15) is 9.18 Å². The number of rotatable bonds is 9. The number of hydrogen-bond donors (Lipinski definition) is 2. The van der Waals surface area contributed by atoms with Gasteiger partial charge in [-0.3, -0.25) is 9.78 Å². The number of H-pyrrole nitrogens is 1. The molecule has 3 heterocycles. The molecule has 4 rings (SSSR count). The predicted octanol–water partition coefficient (Wildman–Crippen LogP) is 4.47. The van der Waals surface area contributed by atoms with Gasteiger partial charge in [-0.1, -0.05) is 12.1 Å². The summed E-state index contributed by atoms with van der Waals surface area (Å²) in [7, 11) is 2.06. The maximum absolute atomic E-state index is 13.6. The van der Waals surface area contributed by atoms with Gasteiger partial charge in [0.15, 0.2) is 0 Å². The van der Waals surface area contributed by atoms with E-state index in [2.05, 4.69) is 37.2 Å². The Balaban J connectivity index is 0.00000193. The van der Waals surface area contributed by atoms with Crippen molar-refractivity contribution in [3.8, 4) is 0 Å². The van der Waals surface area contributed by atoms with E-state index in [0.29, 0.717) is 5.69 Å². The molecule has 0 aliphatic carbocycles. The quantitative estimate of drug-likeness (QED) is 0.323. The molecule has 34 heavy (non-hydrogen) atoms. The molecule has 1 aromatic carbocycles. The lowest BCUT2D eigenvalue weighted by Crippen LogP contribution is -2.25. The number of pyridine rings is 1. The molecular weight excluding hydrogens is 522 g/mol. The Morgan fingerprint density at radius 2 is 1.85 bits per heavy atom. The minimum atomic E-state index is -0.438. The summed E-state index contributed by atoms with van der Waals surface area (Å²) in [5, 5.41) is 5.29. The number of para-hydroxylation sites is 2. The van der Waals surface area contributed by atoms with Crippen molar-refractivity contribution in [3.05, 3.63) is 76.0 Å². The van der Waals surface area contributed by atoms with Crippen LogP contribution in [-0.2, 0) is 19.4 Å². The average Bonchev–Trinajstić information content (AvgIpc) is 3.42. The molecule has 0 radical (unpaired) electrons. The molecule has 0 saturated heterocycles. The third kappa shape index (κ3) is 7.89. The summed E-state index contributed by atoms with van der Waals surface area (Å²) in [6.45, 7) is 1.73. The van der Waals surface area contributed by atoms with Crippen molar-refractivity contribution in [2.75, 3.05) is 20.1 Å². The zero-order valence-electron chi connectivity index (χ0n) is 18.4. The number of halogens is 4. The first-order chi connectivity index (χ1) is 15.1. The molecule has 0 saturated carbocycles. The number of aromatic amines is 1. The van der Waals surface area contributed by atoms with Crippen molar-refractivity contribution >= 4 is 65.5 Å². The fourth-order valence-corrected chi connectivity index (χ4v) is 3.92. The Labute approximate surface area is 219 Å². The second-order valence-electron chi connectivity index (χ2n) is 7.25. The van der Waals surface area contributed by atoms with Crippen LogP contribution in [0.5, 0.6) is 0 Å². The predicted molar refractivity (Wildman–Crippen MR) is 140 cm³/mol. The van der Waals surface area contributed by atoms with E-state index in [1.165, 1.54) is 29.7 Å². The van der Waals surface area contributed by atoms with Gasteiger partial charge < -0.3 is 15.2 Å². The number of amides is 1. The third-order valence-electron chi connectivity index (χ3n) is 4.91. The summed E-state index contributed by atoms with van der Waals surface area (Å²) < 4.78 is 13.6. The Morgan fingerprint density at radius 3 is 2.62 bits per heavy atom. The minimum absolute atomic E-state index is 0. The SMILES string of the molecule is CN(CCc1nc2ccccc2[nH]1)CCc1nc(C(=O)NCc2ncccc2F)cs1.Cl.Cl.Cl. The Kier molecular flexibility index (Phi) is 12.4. The van der Waals surface area contributed by atoms with Gasteiger partial charge in [-0.25, -0.2) is 14.4 Å². The van der Waals surface area contributed by atoms with Crippen LogP contribution in [0.15, 0.2) is 48.0 Å². The monoisotopic (exact) mass is 546 g/mol. The van der Waals surface area contributed by atoms with Gasteiger partial charge >= 0.3 is 0 Å². The fraction of sp³-hybridized carbons (Fsp3) is 0.273. The van der Waals surface area contributed by atoms with Crippen molar-refractivity contribution in [3.63, 3.8) is 0 Å². The molecule has 1 amide bonds. The van der Waals surface area contributed by atoms with Crippen LogP contribution in [0.2, 0.25) is 0 Å². The van der Waals surface area contributed by atoms with E-state index in [4.69, 9.17) is 0 Å². The molecule has 7 nitrogen and oxygen atoms in total. The molecule has 0 unspecified atom stereocenters. The summed E-state index contributed by atoms with van der Waals surface area (Å²) >= 11 is 1.46. The van der Waals surface area contributed by atoms with E-state index < -0.39 is 5.82 Å². The van der Waals surface area contributed by atoms with Gasteiger partial charge in [-0.2, -0.15) is 0 Å². The highest BCUT2D eigenvalue weighted by Gasteiger charge is 2.13. The third-order valence-corrected chi connectivity index (χ3v) is 5.82. The number of hydrogen-bond acceptors (Lipinski definition) is 6. The standard InChI is InChI=1S/C22H23FN6OS.3ClH/c1-29(11-8-20-26-16-6-2-3-7-17(16)27-20)12-9-21-28-19(14-31-21)22(30)25-13-18-15(23)5-4-10-24-18;;;/h2-7,10,14H,8-9,11-13H2,1H3,(H,25,30)(H,26,27);3*1H. The number of nitrogens with zero attached hydrogens (tertiary/aromatic N) is 4. The van der Waals surface area contributed by atoms with Crippen molar-refractivity contribution < 1.29 is 9.18 Å². The van der Waals surface area contributed by atoms with Crippen LogP contribution in [-0.4, -0.2) is 50.9 Å². The van der Waals surface area contributed by atoms with Crippen molar-refractivity contribution in [1.29, 1.82) is 0 Å².